The van der Waals surface area contributed by atoms with Crippen LogP contribution in [0.25, 0.3) is 0 Å². The largest absolute Gasteiger partial charge is 0.372 e. The summed E-state index contributed by atoms with van der Waals surface area (Å²) < 4.78 is 0. The van der Waals surface area contributed by atoms with Gasteiger partial charge in [0.15, 0.2) is 0 Å². The average Bonchev–Trinajstić information content (AvgIpc) is 2.39. The van der Waals surface area contributed by atoms with Gasteiger partial charge in [0.1, 0.15) is 0 Å². The normalized spacial score (nSPS) is 16.0. The topological polar surface area (TPSA) is 27.0 Å². The molecule has 2 nitrogen and oxygen atoms in total. The van der Waals surface area contributed by atoms with Crippen molar-refractivity contribution in [3.05, 3.63) is 29.3 Å². The molecule has 1 aliphatic rings. The fourth-order valence-electron chi connectivity index (χ4n) is 2.49. The van der Waals surface area contributed by atoms with Crippen LogP contribution in [0.2, 0.25) is 0 Å². The third-order valence-corrected chi connectivity index (χ3v) is 3.50. The van der Waals surface area contributed by atoms with Gasteiger partial charge in [-0.2, -0.15) is 5.26 Å². The maximum absolute atomic E-state index is 9.22. The molecule has 0 radical (unpaired) electrons. The third-order valence-electron chi connectivity index (χ3n) is 3.50. The predicted molar refractivity (Wildman–Crippen MR) is 71.3 cm³/mol. The number of nitrogens with zero attached hydrogens (tertiary/aromatic N) is 2. The van der Waals surface area contributed by atoms with Crippen molar-refractivity contribution in [2.75, 3.05) is 18.0 Å². The highest BCUT2D eigenvalue weighted by molar-refractivity contribution is 5.55. The van der Waals surface area contributed by atoms with Crippen molar-refractivity contribution in [1.82, 2.24) is 0 Å². The Morgan fingerprint density at radius 3 is 2.47 bits per heavy atom. The number of nitriles is 1. The van der Waals surface area contributed by atoms with E-state index in [9.17, 15) is 5.26 Å². The van der Waals surface area contributed by atoms with E-state index in [-0.39, 0.29) is 0 Å². The van der Waals surface area contributed by atoms with Crippen LogP contribution in [0.3, 0.4) is 0 Å². The lowest BCUT2D eigenvalue weighted by molar-refractivity contribution is 0.578. The molecule has 1 aliphatic heterocycles. The van der Waals surface area contributed by atoms with Crippen molar-refractivity contribution in [2.45, 2.75) is 39.0 Å². The van der Waals surface area contributed by atoms with Gasteiger partial charge in [-0.15, -0.1) is 0 Å². The van der Waals surface area contributed by atoms with Crippen LogP contribution in [-0.2, 0) is 0 Å². The van der Waals surface area contributed by atoms with Gasteiger partial charge in [-0.25, -0.2) is 0 Å². The second-order valence-corrected chi connectivity index (χ2v) is 5.09. The Labute approximate surface area is 104 Å². The average molecular weight is 228 g/mol. The summed E-state index contributed by atoms with van der Waals surface area (Å²) in [5, 5.41) is 9.22. The number of anilines is 1. The zero-order valence-corrected chi connectivity index (χ0v) is 10.7. The smallest absolute Gasteiger partial charge is 0.0995 e. The highest BCUT2D eigenvalue weighted by Gasteiger charge is 2.13. The van der Waals surface area contributed by atoms with Gasteiger partial charge in [-0.1, -0.05) is 19.9 Å². The molecule has 0 saturated carbocycles. The molecule has 1 heterocycles. The summed E-state index contributed by atoms with van der Waals surface area (Å²) >= 11 is 0. The van der Waals surface area contributed by atoms with E-state index in [0.717, 1.165) is 24.2 Å². The van der Waals surface area contributed by atoms with Crippen molar-refractivity contribution in [3.63, 3.8) is 0 Å². The molecule has 0 unspecified atom stereocenters. The molecule has 0 spiro atoms. The summed E-state index contributed by atoms with van der Waals surface area (Å²) in [6.45, 7) is 6.53. The molecule has 0 N–H and O–H groups in total. The predicted octanol–water partition coefficient (Wildman–Crippen LogP) is 3.67. The van der Waals surface area contributed by atoms with E-state index in [1.54, 1.807) is 0 Å². The van der Waals surface area contributed by atoms with Crippen LogP contribution in [0.1, 0.15) is 50.2 Å². The minimum absolute atomic E-state index is 0.417. The molecule has 0 bridgehead atoms. The Bertz CT molecular complexity index is 423. The molecule has 1 saturated heterocycles. The van der Waals surface area contributed by atoms with Crippen molar-refractivity contribution < 1.29 is 0 Å². The molecule has 1 aromatic rings. The van der Waals surface area contributed by atoms with E-state index in [2.05, 4.69) is 43.0 Å². The fourth-order valence-corrected chi connectivity index (χ4v) is 2.49. The Kier molecular flexibility index (Phi) is 3.68. The second kappa shape index (κ2) is 5.23. The zero-order chi connectivity index (χ0) is 12.3. The van der Waals surface area contributed by atoms with Gasteiger partial charge < -0.3 is 4.90 Å². The van der Waals surface area contributed by atoms with Crippen molar-refractivity contribution >= 4 is 5.69 Å². The fraction of sp³-hybridized carbons (Fsp3) is 0.533. The minimum Gasteiger partial charge on any atom is -0.372 e. The number of rotatable bonds is 2. The van der Waals surface area contributed by atoms with Crippen LogP contribution in [0.4, 0.5) is 5.69 Å². The number of piperidine rings is 1. The Morgan fingerprint density at radius 2 is 1.88 bits per heavy atom. The van der Waals surface area contributed by atoms with Gasteiger partial charge in [-0.3, -0.25) is 0 Å². The highest BCUT2D eigenvalue weighted by atomic mass is 15.1. The van der Waals surface area contributed by atoms with Crippen LogP contribution in [0.5, 0.6) is 0 Å². The Morgan fingerprint density at radius 1 is 1.18 bits per heavy atom. The number of benzene rings is 1. The molecular weight excluding hydrogens is 208 g/mol. The van der Waals surface area contributed by atoms with Crippen LogP contribution >= 0.6 is 0 Å². The van der Waals surface area contributed by atoms with Crippen LogP contribution < -0.4 is 4.90 Å². The van der Waals surface area contributed by atoms with Gasteiger partial charge in [0.2, 0.25) is 0 Å². The molecule has 1 fully saturated rings. The van der Waals surface area contributed by atoms with E-state index in [0.29, 0.717) is 5.92 Å². The zero-order valence-electron chi connectivity index (χ0n) is 10.7. The quantitative estimate of drug-likeness (QED) is 0.772. The summed E-state index contributed by atoms with van der Waals surface area (Å²) in [5.74, 6) is 0.417. The van der Waals surface area contributed by atoms with E-state index >= 15 is 0 Å². The summed E-state index contributed by atoms with van der Waals surface area (Å²) in [7, 11) is 0. The third kappa shape index (κ3) is 2.61. The molecule has 0 aliphatic carbocycles. The second-order valence-electron chi connectivity index (χ2n) is 5.09. The first-order chi connectivity index (χ1) is 8.22. The maximum Gasteiger partial charge on any atom is 0.0995 e. The molecule has 0 atom stereocenters. The molecule has 2 rings (SSSR count). The summed E-state index contributed by atoms with van der Waals surface area (Å²) in [6.07, 6.45) is 3.88. The molecule has 0 amide bonds. The Hall–Kier alpha value is -1.49. The molecular formula is C15H20N2. The first-order valence-electron chi connectivity index (χ1n) is 6.51. The van der Waals surface area contributed by atoms with Gasteiger partial charge in [0.25, 0.3) is 0 Å². The summed E-state index contributed by atoms with van der Waals surface area (Å²) in [4.78, 5) is 2.40. The molecule has 90 valence electrons. The highest BCUT2D eigenvalue weighted by Crippen LogP contribution is 2.26. The summed E-state index contributed by atoms with van der Waals surface area (Å²) in [5.41, 5.74) is 3.21. The monoisotopic (exact) mass is 228 g/mol. The van der Waals surface area contributed by atoms with Crippen molar-refractivity contribution in [3.8, 4) is 6.07 Å². The SMILES string of the molecule is CC(C)c1ccc(N2CCCCC2)cc1C#N. The molecule has 1 aromatic carbocycles. The summed E-state index contributed by atoms with van der Waals surface area (Å²) in [6, 6.07) is 8.67. The molecule has 2 heteroatoms. The van der Waals surface area contributed by atoms with Crippen LogP contribution in [-0.4, -0.2) is 13.1 Å². The van der Waals surface area contributed by atoms with E-state index in [4.69, 9.17) is 0 Å². The minimum atomic E-state index is 0.417. The van der Waals surface area contributed by atoms with Gasteiger partial charge in [0, 0.05) is 18.8 Å². The standard InChI is InChI=1S/C15H20N2/c1-12(2)15-7-6-14(10-13(15)11-16)17-8-4-3-5-9-17/h6-7,10,12H,3-5,8-9H2,1-2H3. The van der Waals surface area contributed by atoms with Crippen LogP contribution in [0.15, 0.2) is 18.2 Å². The Balaban J connectivity index is 2.28. The van der Waals surface area contributed by atoms with E-state index in [1.165, 1.54) is 24.9 Å². The lowest BCUT2D eigenvalue weighted by atomic mass is 9.97. The van der Waals surface area contributed by atoms with Gasteiger partial charge in [-0.05, 0) is 42.9 Å². The van der Waals surface area contributed by atoms with E-state index in [1.807, 2.05) is 0 Å². The lowest BCUT2D eigenvalue weighted by Gasteiger charge is -2.29. The number of hydrogen-bond donors (Lipinski definition) is 0. The van der Waals surface area contributed by atoms with E-state index < -0.39 is 0 Å². The molecule has 17 heavy (non-hydrogen) atoms. The first kappa shape index (κ1) is 12.0. The van der Waals surface area contributed by atoms with Gasteiger partial charge >= 0.3 is 0 Å². The van der Waals surface area contributed by atoms with Crippen molar-refractivity contribution in [1.29, 1.82) is 5.26 Å². The first-order valence-corrected chi connectivity index (χ1v) is 6.51. The van der Waals surface area contributed by atoms with Crippen molar-refractivity contribution in [2.24, 2.45) is 0 Å². The number of hydrogen-bond acceptors (Lipinski definition) is 2. The molecule has 0 aromatic heterocycles. The van der Waals surface area contributed by atoms with Gasteiger partial charge in [0.05, 0.1) is 11.6 Å². The lowest BCUT2D eigenvalue weighted by Crippen LogP contribution is -2.29. The van der Waals surface area contributed by atoms with Crippen LogP contribution in [0, 0.1) is 11.3 Å². The maximum atomic E-state index is 9.22.